The molecule has 1 unspecified atom stereocenters. The van der Waals surface area contributed by atoms with Crippen molar-refractivity contribution < 1.29 is 4.42 Å². The van der Waals surface area contributed by atoms with Gasteiger partial charge in [0.1, 0.15) is 11.6 Å². The maximum absolute atomic E-state index is 5.29. The first kappa shape index (κ1) is 10.8. The Hall–Kier alpha value is -1.71. The Morgan fingerprint density at radius 3 is 3.00 bits per heavy atom. The third-order valence-electron chi connectivity index (χ3n) is 2.51. The average molecular weight is 219 g/mol. The van der Waals surface area contributed by atoms with Gasteiger partial charge >= 0.3 is 0 Å². The summed E-state index contributed by atoms with van der Waals surface area (Å²) in [7, 11) is 1.92. The van der Waals surface area contributed by atoms with Gasteiger partial charge in [0.15, 0.2) is 0 Å². The number of anilines is 1. The lowest BCUT2D eigenvalue weighted by Gasteiger charge is -2.11. The van der Waals surface area contributed by atoms with Crippen molar-refractivity contribution in [3.63, 3.8) is 0 Å². The third-order valence-corrected chi connectivity index (χ3v) is 2.51. The predicted molar refractivity (Wildman–Crippen MR) is 63.3 cm³/mol. The molecule has 4 heteroatoms. The largest absolute Gasteiger partial charge is 0.469 e. The molecule has 2 aromatic heterocycles. The van der Waals surface area contributed by atoms with Crippen molar-refractivity contribution in [1.82, 2.24) is 9.78 Å². The molecule has 0 saturated carbocycles. The van der Waals surface area contributed by atoms with Crippen LogP contribution in [0.1, 0.15) is 19.1 Å². The second kappa shape index (κ2) is 4.88. The lowest BCUT2D eigenvalue weighted by Crippen LogP contribution is -2.16. The van der Waals surface area contributed by atoms with Gasteiger partial charge in [-0.25, -0.2) is 0 Å². The van der Waals surface area contributed by atoms with Crippen molar-refractivity contribution in [2.45, 2.75) is 25.8 Å². The number of hydrogen-bond donors (Lipinski definition) is 1. The zero-order valence-corrected chi connectivity index (χ0v) is 9.68. The number of aromatic nitrogens is 2. The number of furan rings is 1. The molecule has 1 atom stereocenters. The minimum absolute atomic E-state index is 0.389. The number of aryl methyl sites for hydroxylation is 2. The van der Waals surface area contributed by atoms with E-state index in [1.54, 1.807) is 10.9 Å². The molecule has 0 aliphatic carbocycles. The van der Waals surface area contributed by atoms with Gasteiger partial charge in [-0.2, -0.15) is 5.10 Å². The number of nitrogens with zero attached hydrogens (tertiary/aromatic N) is 2. The van der Waals surface area contributed by atoms with Crippen LogP contribution in [-0.4, -0.2) is 15.8 Å². The van der Waals surface area contributed by atoms with Crippen molar-refractivity contribution in [3.8, 4) is 0 Å². The summed E-state index contributed by atoms with van der Waals surface area (Å²) in [6, 6.07) is 6.29. The second-order valence-corrected chi connectivity index (χ2v) is 4.04. The zero-order chi connectivity index (χ0) is 11.4. The molecule has 1 N–H and O–H groups in total. The van der Waals surface area contributed by atoms with E-state index in [1.165, 1.54) is 0 Å². The van der Waals surface area contributed by atoms with E-state index in [2.05, 4.69) is 17.3 Å². The van der Waals surface area contributed by atoms with E-state index < -0.39 is 0 Å². The van der Waals surface area contributed by atoms with Crippen molar-refractivity contribution in [2.75, 3.05) is 5.32 Å². The fourth-order valence-corrected chi connectivity index (χ4v) is 1.63. The first-order chi connectivity index (χ1) is 7.74. The first-order valence-corrected chi connectivity index (χ1v) is 5.52. The van der Waals surface area contributed by atoms with Crippen LogP contribution in [-0.2, 0) is 13.5 Å². The van der Waals surface area contributed by atoms with Crippen LogP contribution in [0, 0.1) is 0 Å². The molecule has 2 heterocycles. The molecule has 4 nitrogen and oxygen atoms in total. The summed E-state index contributed by atoms with van der Waals surface area (Å²) >= 11 is 0. The summed E-state index contributed by atoms with van der Waals surface area (Å²) < 4.78 is 7.08. The normalized spacial score (nSPS) is 12.6. The molecule has 16 heavy (non-hydrogen) atoms. The van der Waals surface area contributed by atoms with Gasteiger partial charge in [-0.1, -0.05) is 0 Å². The number of hydrogen-bond acceptors (Lipinski definition) is 3. The number of rotatable bonds is 5. The molecule has 0 aliphatic heterocycles. The molecule has 0 fully saturated rings. The fraction of sp³-hybridized carbons (Fsp3) is 0.417. The molecule has 2 aromatic rings. The molecule has 0 aliphatic rings. The minimum atomic E-state index is 0.389. The van der Waals surface area contributed by atoms with Crippen LogP contribution in [0.25, 0.3) is 0 Å². The van der Waals surface area contributed by atoms with Crippen LogP contribution in [0.2, 0.25) is 0 Å². The Kier molecular flexibility index (Phi) is 3.29. The van der Waals surface area contributed by atoms with Crippen molar-refractivity contribution in [1.29, 1.82) is 0 Å². The van der Waals surface area contributed by atoms with E-state index in [-0.39, 0.29) is 0 Å². The van der Waals surface area contributed by atoms with Crippen LogP contribution < -0.4 is 5.32 Å². The van der Waals surface area contributed by atoms with E-state index in [4.69, 9.17) is 4.42 Å². The molecule has 0 saturated heterocycles. The predicted octanol–water partition coefficient (Wildman–Crippen LogP) is 2.45. The highest BCUT2D eigenvalue weighted by Crippen LogP contribution is 2.09. The van der Waals surface area contributed by atoms with Crippen molar-refractivity contribution >= 4 is 5.82 Å². The fourth-order valence-electron chi connectivity index (χ4n) is 1.63. The highest BCUT2D eigenvalue weighted by Gasteiger charge is 2.05. The molecule has 86 valence electrons. The van der Waals surface area contributed by atoms with Gasteiger partial charge < -0.3 is 9.73 Å². The smallest absolute Gasteiger partial charge is 0.148 e. The average Bonchev–Trinajstić information content (AvgIpc) is 2.87. The Morgan fingerprint density at radius 1 is 1.50 bits per heavy atom. The van der Waals surface area contributed by atoms with E-state index in [0.29, 0.717) is 6.04 Å². The van der Waals surface area contributed by atoms with Crippen molar-refractivity contribution in [2.24, 2.45) is 7.05 Å². The van der Waals surface area contributed by atoms with Gasteiger partial charge in [0.05, 0.1) is 6.26 Å². The van der Waals surface area contributed by atoms with Gasteiger partial charge in [0.2, 0.25) is 0 Å². The Bertz CT molecular complexity index is 419. The summed E-state index contributed by atoms with van der Waals surface area (Å²) in [5.74, 6) is 1.96. The van der Waals surface area contributed by atoms with Crippen molar-refractivity contribution in [3.05, 3.63) is 36.4 Å². The molecule has 0 spiro atoms. The lowest BCUT2D eigenvalue weighted by molar-refractivity contribution is 0.494. The lowest BCUT2D eigenvalue weighted by atomic mass is 10.1. The summed E-state index contributed by atoms with van der Waals surface area (Å²) in [6.07, 6.45) is 5.63. The molecule has 0 aromatic carbocycles. The Morgan fingerprint density at radius 2 is 2.38 bits per heavy atom. The molecular formula is C12H17N3O. The third kappa shape index (κ3) is 2.89. The standard InChI is InChI=1S/C12H17N3O/c1-10(5-6-11-4-3-9-16-11)13-12-7-8-15(2)14-12/h3-4,7-10H,5-6H2,1-2H3,(H,13,14). The molecule has 0 amide bonds. The Labute approximate surface area is 95.3 Å². The summed E-state index contributed by atoms with van der Waals surface area (Å²) in [6.45, 7) is 2.15. The van der Waals surface area contributed by atoms with Gasteiger partial charge in [-0.3, -0.25) is 4.68 Å². The zero-order valence-electron chi connectivity index (χ0n) is 9.68. The van der Waals surface area contributed by atoms with E-state index in [9.17, 15) is 0 Å². The quantitative estimate of drug-likeness (QED) is 0.840. The molecule has 0 radical (unpaired) electrons. The maximum atomic E-state index is 5.29. The van der Waals surface area contributed by atoms with Gasteiger partial charge in [0.25, 0.3) is 0 Å². The summed E-state index contributed by atoms with van der Waals surface area (Å²) in [4.78, 5) is 0. The highest BCUT2D eigenvalue weighted by molar-refractivity contribution is 5.33. The summed E-state index contributed by atoms with van der Waals surface area (Å²) in [5.41, 5.74) is 0. The van der Waals surface area contributed by atoms with E-state index in [0.717, 1.165) is 24.4 Å². The molecular weight excluding hydrogens is 202 g/mol. The monoisotopic (exact) mass is 219 g/mol. The van der Waals surface area contributed by atoms with E-state index >= 15 is 0 Å². The second-order valence-electron chi connectivity index (χ2n) is 4.04. The molecule has 2 rings (SSSR count). The Balaban J connectivity index is 1.78. The topological polar surface area (TPSA) is 43.0 Å². The molecule has 0 bridgehead atoms. The van der Waals surface area contributed by atoms with Crippen LogP contribution in [0.15, 0.2) is 35.1 Å². The van der Waals surface area contributed by atoms with Crippen LogP contribution in [0.3, 0.4) is 0 Å². The van der Waals surface area contributed by atoms with Crippen LogP contribution in [0.4, 0.5) is 5.82 Å². The van der Waals surface area contributed by atoms with Gasteiger partial charge in [-0.15, -0.1) is 0 Å². The maximum Gasteiger partial charge on any atom is 0.148 e. The first-order valence-electron chi connectivity index (χ1n) is 5.52. The minimum Gasteiger partial charge on any atom is -0.469 e. The number of nitrogens with one attached hydrogen (secondary N) is 1. The van der Waals surface area contributed by atoms with Gasteiger partial charge in [-0.05, 0) is 25.5 Å². The van der Waals surface area contributed by atoms with Crippen LogP contribution in [0.5, 0.6) is 0 Å². The SMILES string of the molecule is CC(CCc1ccco1)Nc1ccn(C)n1. The highest BCUT2D eigenvalue weighted by atomic mass is 16.3. The van der Waals surface area contributed by atoms with Gasteiger partial charge in [0, 0.05) is 31.8 Å². The summed E-state index contributed by atoms with van der Waals surface area (Å²) in [5, 5.41) is 7.63. The van der Waals surface area contributed by atoms with Crippen LogP contribution >= 0.6 is 0 Å². The van der Waals surface area contributed by atoms with E-state index in [1.807, 2.05) is 31.4 Å².